The number of hydrogen-bond acceptors (Lipinski definition) is 2. The molecule has 0 aromatic heterocycles. The van der Waals surface area contributed by atoms with E-state index in [1.165, 1.54) is 17.3 Å². The molecule has 2 rings (SSSR count). The first-order valence-electron chi connectivity index (χ1n) is 5.67. The van der Waals surface area contributed by atoms with Gasteiger partial charge in [0.15, 0.2) is 0 Å². The summed E-state index contributed by atoms with van der Waals surface area (Å²) in [6, 6.07) is 16.6. The van der Waals surface area contributed by atoms with Crippen LogP contribution in [0.4, 0.5) is 0 Å². The highest BCUT2D eigenvalue weighted by atomic mass is 32.1. The largest absolute Gasteiger partial charge is 0.313 e. The predicted molar refractivity (Wildman–Crippen MR) is 76.2 cm³/mol. The molecule has 0 aliphatic carbocycles. The molecule has 0 heterocycles. The molecule has 0 atom stereocenters. The Morgan fingerprint density at radius 2 is 1.88 bits per heavy atom. The number of rotatable bonds is 4. The van der Waals surface area contributed by atoms with E-state index in [0.29, 0.717) is 0 Å². The lowest BCUT2D eigenvalue weighted by molar-refractivity contribution is 1.05. The molecule has 2 aromatic carbocycles. The molecular formula is C15H15NS. The van der Waals surface area contributed by atoms with E-state index in [9.17, 15) is 0 Å². The zero-order chi connectivity index (χ0) is 12.1. The molecule has 0 bridgehead atoms. The third kappa shape index (κ3) is 2.98. The SMILES string of the molecule is N=CCCc1cccc(-c2ccccc2S)c1. The van der Waals surface area contributed by atoms with Crippen LogP contribution in [0.2, 0.25) is 0 Å². The highest BCUT2D eigenvalue weighted by molar-refractivity contribution is 7.80. The Kier molecular flexibility index (Phi) is 3.99. The zero-order valence-corrected chi connectivity index (χ0v) is 10.5. The quantitative estimate of drug-likeness (QED) is 0.591. The molecule has 0 saturated heterocycles. The van der Waals surface area contributed by atoms with E-state index in [0.717, 1.165) is 23.3 Å². The fourth-order valence-electron chi connectivity index (χ4n) is 1.85. The summed E-state index contributed by atoms with van der Waals surface area (Å²) >= 11 is 4.48. The molecule has 1 nitrogen and oxygen atoms in total. The van der Waals surface area contributed by atoms with Gasteiger partial charge in [-0.15, -0.1) is 12.6 Å². The lowest BCUT2D eigenvalue weighted by atomic mass is 10.0. The topological polar surface area (TPSA) is 23.9 Å². The average molecular weight is 241 g/mol. The van der Waals surface area contributed by atoms with Crippen LogP contribution in [0.25, 0.3) is 11.1 Å². The highest BCUT2D eigenvalue weighted by Crippen LogP contribution is 2.26. The fraction of sp³-hybridized carbons (Fsp3) is 0.133. The summed E-state index contributed by atoms with van der Waals surface area (Å²) in [6.45, 7) is 0. The minimum Gasteiger partial charge on any atom is -0.313 e. The van der Waals surface area contributed by atoms with Gasteiger partial charge in [-0.25, -0.2) is 0 Å². The summed E-state index contributed by atoms with van der Waals surface area (Å²) in [5, 5.41) is 7.07. The van der Waals surface area contributed by atoms with Gasteiger partial charge in [-0.05, 0) is 41.8 Å². The number of benzene rings is 2. The van der Waals surface area contributed by atoms with E-state index in [2.05, 4.69) is 43.0 Å². The van der Waals surface area contributed by atoms with E-state index >= 15 is 0 Å². The van der Waals surface area contributed by atoms with Gasteiger partial charge < -0.3 is 5.41 Å². The Morgan fingerprint density at radius 1 is 1.06 bits per heavy atom. The second-order valence-electron chi connectivity index (χ2n) is 3.96. The molecule has 2 aromatic rings. The van der Waals surface area contributed by atoms with Crippen molar-refractivity contribution in [3.05, 3.63) is 54.1 Å². The van der Waals surface area contributed by atoms with E-state index in [1.807, 2.05) is 18.2 Å². The number of aryl methyl sites for hydroxylation is 1. The van der Waals surface area contributed by atoms with Gasteiger partial charge >= 0.3 is 0 Å². The van der Waals surface area contributed by atoms with Crippen molar-refractivity contribution in [1.29, 1.82) is 5.41 Å². The van der Waals surface area contributed by atoms with E-state index in [-0.39, 0.29) is 0 Å². The number of hydrogen-bond donors (Lipinski definition) is 2. The van der Waals surface area contributed by atoms with Crippen molar-refractivity contribution in [2.45, 2.75) is 17.7 Å². The van der Waals surface area contributed by atoms with Crippen LogP contribution in [0, 0.1) is 5.41 Å². The molecule has 0 aliphatic rings. The van der Waals surface area contributed by atoms with Gasteiger partial charge in [-0.1, -0.05) is 42.5 Å². The Labute approximate surface area is 107 Å². The lowest BCUT2D eigenvalue weighted by Crippen LogP contribution is -1.87. The van der Waals surface area contributed by atoms with Gasteiger partial charge in [-0.2, -0.15) is 0 Å². The summed E-state index contributed by atoms with van der Waals surface area (Å²) in [5.41, 5.74) is 3.62. The van der Waals surface area contributed by atoms with E-state index in [4.69, 9.17) is 5.41 Å². The molecule has 0 amide bonds. The first-order chi connectivity index (χ1) is 8.31. The summed E-state index contributed by atoms with van der Waals surface area (Å²) in [5.74, 6) is 0. The van der Waals surface area contributed by atoms with Crippen molar-refractivity contribution in [1.82, 2.24) is 0 Å². The third-order valence-corrected chi connectivity index (χ3v) is 3.11. The second kappa shape index (κ2) is 5.69. The molecule has 17 heavy (non-hydrogen) atoms. The van der Waals surface area contributed by atoms with Crippen molar-refractivity contribution >= 4 is 18.8 Å². The third-order valence-electron chi connectivity index (χ3n) is 2.72. The Hall–Kier alpha value is -1.54. The van der Waals surface area contributed by atoms with Gasteiger partial charge in [-0.3, -0.25) is 0 Å². The molecule has 0 saturated carbocycles. The van der Waals surface area contributed by atoms with Crippen molar-refractivity contribution in [2.75, 3.05) is 0 Å². The maximum atomic E-state index is 7.07. The van der Waals surface area contributed by atoms with Crippen LogP contribution < -0.4 is 0 Å². The highest BCUT2D eigenvalue weighted by Gasteiger charge is 2.02. The van der Waals surface area contributed by atoms with Gasteiger partial charge in [0.05, 0.1) is 0 Å². The van der Waals surface area contributed by atoms with Crippen LogP contribution >= 0.6 is 12.6 Å². The van der Waals surface area contributed by atoms with Crippen molar-refractivity contribution in [3.8, 4) is 11.1 Å². The van der Waals surface area contributed by atoms with Crippen LogP contribution in [0.5, 0.6) is 0 Å². The molecule has 1 N–H and O–H groups in total. The Balaban J connectivity index is 2.33. The van der Waals surface area contributed by atoms with Gasteiger partial charge in [0.1, 0.15) is 0 Å². The molecule has 0 aliphatic heterocycles. The molecule has 0 unspecified atom stereocenters. The average Bonchev–Trinajstić information content (AvgIpc) is 2.37. The lowest BCUT2D eigenvalue weighted by Gasteiger charge is -2.07. The molecular weight excluding hydrogens is 226 g/mol. The van der Waals surface area contributed by atoms with Crippen LogP contribution in [-0.2, 0) is 6.42 Å². The second-order valence-corrected chi connectivity index (χ2v) is 4.44. The summed E-state index contributed by atoms with van der Waals surface area (Å²) in [7, 11) is 0. The molecule has 0 radical (unpaired) electrons. The van der Waals surface area contributed by atoms with E-state index < -0.39 is 0 Å². The molecule has 0 fully saturated rings. The fourth-order valence-corrected chi connectivity index (χ4v) is 2.14. The summed E-state index contributed by atoms with van der Waals surface area (Å²) in [6.07, 6.45) is 3.18. The first kappa shape index (κ1) is 11.9. The molecule has 2 heteroatoms. The predicted octanol–water partition coefficient (Wildman–Crippen LogP) is 4.22. The number of nitrogens with one attached hydrogen (secondary N) is 1. The minimum absolute atomic E-state index is 0.798. The monoisotopic (exact) mass is 241 g/mol. The van der Waals surface area contributed by atoms with Gasteiger partial charge in [0.25, 0.3) is 0 Å². The van der Waals surface area contributed by atoms with Crippen molar-refractivity contribution in [3.63, 3.8) is 0 Å². The van der Waals surface area contributed by atoms with Crippen molar-refractivity contribution < 1.29 is 0 Å². The van der Waals surface area contributed by atoms with Crippen LogP contribution in [0.3, 0.4) is 0 Å². The maximum absolute atomic E-state index is 7.07. The number of thiol groups is 1. The normalized spacial score (nSPS) is 10.2. The van der Waals surface area contributed by atoms with Crippen LogP contribution in [0.15, 0.2) is 53.4 Å². The van der Waals surface area contributed by atoms with Crippen LogP contribution in [-0.4, -0.2) is 6.21 Å². The van der Waals surface area contributed by atoms with E-state index in [1.54, 1.807) is 0 Å². The zero-order valence-electron chi connectivity index (χ0n) is 9.56. The minimum atomic E-state index is 0.798. The first-order valence-corrected chi connectivity index (χ1v) is 6.12. The van der Waals surface area contributed by atoms with Gasteiger partial charge in [0, 0.05) is 4.90 Å². The summed E-state index contributed by atoms with van der Waals surface area (Å²) < 4.78 is 0. The maximum Gasteiger partial charge on any atom is 0.0119 e. The Bertz CT molecular complexity index is 520. The smallest absolute Gasteiger partial charge is 0.0119 e. The summed E-state index contributed by atoms with van der Waals surface area (Å²) in [4.78, 5) is 0.997. The molecule has 0 spiro atoms. The van der Waals surface area contributed by atoms with Gasteiger partial charge in [0.2, 0.25) is 0 Å². The Morgan fingerprint density at radius 3 is 2.65 bits per heavy atom. The molecule has 86 valence electrons. The van der Waals surface area contributed by atoms with Crippen LogP contribution in [0.1, 0.15) is 12.0 Å². The standard InChI is InChI=1S/C15H15NS/c16-10-4-6-12-5-3-7-13(11-12)14-8-1-2-9-15(14)17/h1-3,5,7-11,16-17H,4,6H2. The van der Waals surface area contributed by atoms with Crippen molar-refractivity contribution in [2.24, 2.45) is 0 Å².